The molecule has 2 fully saturated rings. The molecule has 0 aromatic heterocycles. The second-order valence-corrected chi connectivity index (χ2v) is 8.25. The van der Waals surface area contributed by atoms with Crippen LogP contribution in [0.4, 0.5) is 0 Å². The highest BCUT2D eigenvalue weighted by Gasteiger charge is 2.73. The van der Waals surface area contributed by atoms with Crippen LogP contribution in [0.5, 0.6) is 0 Å². The van der Waals surface area contributed by atoms with E-state index in [-0.39, 0.29) is 0 Å². The van der Waals surface area contributed by atoms with E-state index in [2.05, 4.69) is 10.6 Å². The molecule has 196 valence electrons. The minimum atomic E-state index is -2.81. The molecule has 0 saturated carbocycles. The lowest BCUT2D eigenvalue weighted by atomic mass is 9.62. The zero-order chi connectivity index (χ0) is 25.8. The fraction of sp³-hybridized carbons (Fsp3) is 0.842. The Balaban J connectivity index is 2.70. The van der Waals surface area contributed by atoms with E-state index in [0.717, 1.165) is 14.0 Å². The molecule has 0 radical (unpaired) electrons. The Morgan fingerprint density at radius 2 is 1.76 bits per heavy atom. The predicted octanol–water partition coefficient (Wildman–Crippen LogP) is -5.22. The van der Waals surface area contributed by atoms with E-state index in [1.54, 1.807) is 0 Å². The molecule has 0 bridgehead atoms. The van der Waals surface area contributed by atoms with Gasteiger partial charge in [-0.1, -0.05) is 0 Å². The SMILES string of the molecule is CO[C@H]1O[C@H](CO)[C@@H](O)[C@H](O)[C@]1(NC(C)=O)[C@@]1(O)[C@@H](CO)OC[C@H](O)[C@@H]1NC(=O)CCC(=O)O. The molecule has 34 heavy (non-hydrogen) atoms. The van der Waals surface area contributed by atoms with E-state index in [9.17, 15) is 45.0 Å². The molecule has 9 N–H and O–H groups in total. The summed E-state index contributed by atoms with van der Waals surface area (Å²) in [7, 11) is 1.07. The molecule has 2 aliphatic rings. The van der Waals surface area contributed by atoms with Gasteiger partial charge in [-0.2, -0.15) is 0 Å². The summed E-state index contributed by atoms with van der Waals surface area (Å²) in [4.78, 5) is 35.5. The lowest BCUT2D eigenvalue weighted by molar-refractivity contribution is -0.353. The standard InChI is InChI=1S/C19H32N2O13/c1-8(24)21-18(16(30)14(29)10(5-22)34-17(18)32-2)19(31)11(6-23)33-7-9(25)15(19)20-12(26)3-4-13(27)28/h9-11,14-17,22-23,25,29-31H,3-7H2,1-2H3,(H,20,26)(H,21,24)(H,27,28)/t9-,10+,11+,14+,15-,16-,17-,18+,19+/m0/s1. The van der Waals surface area contributed by atoms with E-state index < -0.39 is 104 Å². The third-order valence-corrected chi connectivity index (χ3v) is 6.15. The number of hydrogen-bond acceptors (Lipinski definition) is 12. The molecule has 15 nitrogen and oxygen atoms in total. The molecule has 0 spiro atoms. The molecule has 2 aliphatic heterocycles. The highest BCUT2D eigenvalue weighted by Crippen LogP contribution is 2.45. The normalized spacial score (nSPS) is 40.4. The van der Waals surface area contributed by atoms with Gasteiger partial charge in [-0.25, -0.2) is 0 Å². The number of aliphatic hydroxyl groups is 6. The molecule has 0 unspecified atom stereocenters. The van der Waals surface area contributed by atoms with Crippen molar-refractivity contribution in [2.45, 2.75) is 73.8 Å². The molecule has 15 heteroatoms. The predicted molar refractivity (Wildman–Crippen MR) is 108 cm³/mol. The van der Waals surface area contributed by atoms with E-state index in [1.807, 2.05) is 0 Å². The van der Waals surface area contributed by atoms with Crippen molar-refractivity contribution in [3.63, 3.8) is 0 Å². The van der Waals surface area contributed by atoms with E-state index >= 15 is 0 Å². The number of carbonyl (C=O) groups excluding carboxylic acids is 2. The Hall–Kier alpha value is -1.95. The summed E-state index contributed by atoms with van der Waals surface area (Å²) in [5.41, 5.74) is -5.40. The Labute approximate surface area is 194 Å². The fourth-order valence-electron chi connectivity index (χ4n) is 4.62. The number of hydrogen-bond donors (Lipinski definition) is 9. The highest BCUT2D eigenvalue weighted by atomic mass is 16.7. The molecule has 2 saturated heterocycles. The number of carboxylic acid groups (broad SMARTS) is 1. The van der Waals surface area contributed by atoms with Gasteiger partial charge in [0.2, 0.25) is 11.8 Å². The Morgan fingerprint density at radius 3 is 2.26 bits per heavy atom. The third kappa shape index (κ3) is 4.89. The first-order chi connectivity index (χ1) is 15.9. The summed E-state index contributed by atoms with van der Waals surface area (Å²) in [6.45, 7) is -1.24. The maximum absolute atomic E-state index is 12.5. The highest BCUT2D eigenvalue weighted by molar-refractivity contribution is 5.81. The van der Waals surface area contributed by atoms with Crippen molar-refractivity contribution in [3.8, 4) is 0 Å². The molecule has 0 aromatic rings. The summed E-state index contributed by atoms with van der Waals surface area (Å²) in [6.07, 6.45) is -11.8. The van der Waals surface area contributed by atoms with Crippen molar-refractivity contribution in [3.05, 3.63) is 0 Å². The van der Waals surface area contributed by atoms with Gasteiger partial charge >= 0.3 is 5.97 Å². The molecule has 2 heterocycles. The average molecular weight is 496 g/mol. The lowest BCUT2D eigenvalue weighted by Gasteiger charge is -2.62. The number of aliphatic carboxylic acids is 1. The topological polar surface area (TPSA) is 245 Å². The monoisotopic (exact) mass is 496 g/mol. The van der Waals surface area contributed by atoms with Crippen LogP contribution in [0.1, 0.15) is 19.8 Å². The third-order valence-electron chi connectivity index (χ3n) is 6.15. The minimum Gasteiger partial charge on any atom is -0.481 e. The molecule has 2 amide bonds. The van der Waals surface area contributed by atoms with Gasteiger partial charge in [-0.05, 0) is 0 Å². The van der Waals surface area contributed by atoms with Crippen molar-refractivity contribution in [2.75, 3.05) is 26.9 Å². The van der Waals surface area contributed by atoms with Crippen LogP contribution in [0.3, 0.4) is 0 Å². The number of amides is 2. The molecular weight excluding hydrogens is 464 g/mol. The van der Waals surface area contributed by atoms with E-state index in [4.69, 9.17) is 19.3 Å². The summed E-state index contributed by atoms with van der Waals surface area (Å²) in [6, 6.07) is -1.79. The second-order valence-electron chi connectivity index (χ2n) is 8.25. The van der Waals surface area contributed by atoms with Crippen LogP contribution in [-0.4, -0.2) is 134 Å². The van der Waals surface area contributed by atoms with Crippen LogP contribution in [0.25, 0.3) is 0 Å². The first kappa shape index (κ1) is 28.3. The van der Waals surface area contributed by atoms with Crippen molar-refractivity contribution in [1.82, 2.24) is 10.6 Å². The molecule has 0 aliphatic carbocycles. The molecule has 9 atom stereocenters. The number of nitrogens with one attached hydrogen (secondary N) is 2. The zero-order valence-electron chi connectivity index (χ0n) is 18.7. The Kier molecular flexibility index (Phi) is 9.31. The molecule has 0 aromatic carbocycles. The summed E-state index contributed by atoms with van der Waals surface area (Å²) >= 11 is 0. The van der Waals surface area contributed by atoms with Crippen LogP contribution < -0.4 is 10.6 Å². The van der Waals surface area contributed by atoms with E-state index in [0.29, 0.717) is 0 Å². The van der Waals surface area contributed by atoms with Gasteiger partial charge in [0.15, 0.2) is 11.8 Å². The summed E-state index contributed by atoms with van der Waals surface area (Å²) < 4.78 is 16.1. The van der Waals surface area contributed by atoms with Gasteiger partial charge in [0, 0.05) is 20.5 Å². The summed E-state index contributed by atoms with van der Waals surface area (Å²) in [5, 5.41) is 77.4. The largest absolute Gasteiger partial charge is 0.481 e. The van der Waals surface area contributed by atoms with Crippen LogP contribution >= 0.6 is 0 Å². The quantitative estimate of drug-likeness (QED) is 0.145. The van der Waals surface area contributed by atoms with Crippen molar-refractivity contribution < 1.29 is 64.3 Å². The maximum atomic E-state index is 12.5. The average Bonchev–Trinajstić information content (AvgIpc) is 2.78. The molecular formula is C19H32N2O13. The Morgan fingerprint density at radius 1 is 1.12 bits per heavy atom. The maximum Gasteiger partial charge on any atom is 0.303 e. The number of aliphatic hydroxyl groups excluding tert-OH is 5. The van der Waals surface area contributed by atoms with E-state index in [1.165, 1.54) is 0 Å². The van der Waals surface area contributed by atoms with Crippen molar-refractivity contribution in [1.29, 1.82) is 0 Å². The zero-order valence-corrected chi connectivity index (χ0v) is 18.7. The number of ether oxygens (including phenoxy) is 3. The number of methoxy groups -OCH3 is 1. The van der Waals surface area contributed by atoms with Crippen molar-refractivity contribution >= 4 is 17.8 Å². The molecule has 2 rings (SSSR count). The number of carbonyl (C=O) groups is 3. The van der Waals surface area contributed by atoms with Crippen LogP contribution in [0, 0.1) is 0 Å². The second kappa shape index (κ2) is 11.2. The van der Waals surface area contributed by atoms with Crippen LogP contribution in [0.15, 0.2) is 0 Å². The van der Waals surface area contributed by atoms with Gasteiger partial charge in [-0.3, -0.25) is 14.4 Å². The summed E-state index contributed by atoms with van der Waals surface area (Å²) in [5.74, 6) is -3.08. The van der Waals surface area contributed by atoms with Crippen molar-refractivity contribution in [2.24, 2.45) is 0 Å². The first-order valence-electron chi connectivity index (χ1n) is 10.5. The lowest BCUT2D eigenvalue weighted by Crippen LogP contribution is -2.90. The van der Waals surface area contributed by atoms with Gasteiger partial charge in [-0.15, -0.1) is 0 Å². The minimum absolute atomic E-state index is 0.510. The van der Waals surface area contributed by atoms with Gasteiger partial charge in [0.1, 0.15) is 36.1 Å². The van der Waals surface area contributed by atoms with Crippen LogP contribution in [-0.2, 0) is 28.6 Å². The fourth-order valence-corrected chi connectivity index (χ4v) is 4.62. The first-order valence-corrected chi connectivity index (χ1v) is 10.5. The Bertz CT molecular complexity index is 750. The van der Waals surface area contributed by atoms with Crippen LogP contribution in [0.2, 0.25) is 0 Å². The van der Waals surface area contributed by atoms with Gasteiger partial charge in [0.05, 0.1) is 32.3 Å². The number of carboxylic acids is 1. The smallest absolute Gasteiger partial charge is 0.303 e. The number of rotatable bonds is 9. The van der Waals surface area contributed by atoms with Gasteiger partial charge in [0.25, 0.3) is 0 Å². The van der Waals surface area contributed by atoms with Gasteiger partial charge < -0.3 is 60.6 Å².